The monoisotopic (exact) mass is 650 g/mol. The molecule has 1 heterocycles. The van der Waals surface area contributed by atoms with E-state index in [1.807, 2.05) is 37.3 Å². The molecule has 4 rings (SSSR count). The van der Waals surface area contributed by atoms with Crippen LogP contribution in [0.15, 0.2) is 66.7 Å². The highest BCUT2D eigenvalue weighted by atomic mass is 32.3. The van der Waals surface area contributed by atoms with Gasteiger partial charge in [-0.1, -0.05) is 48.5 Å². The second-order valence-electron chi connectivity index (χ2n) is 10.9. The van der Waals surface area contributed by atoms with Crippen molar-refractivity contribution in [2.24, 2.45) is 0 Å². The third kappa shape index (κ3) is 9.04. The molecule has 0 saturated carbocycles. The van der Waals surface area contributed by atoms with Crippen LogP contribution >= 0.6 is 10.8 Å². The van der Waals surface area contributed by atoms with E-state index in [1.165, 1.54) is 17.5 Å². The first-order valence-corrected chi connectivity index (χ1v) is 16.5. The van der Waals surface area contributed by atoms with Crippen molar-refractivity contribution < 1.29 is 36.9 Å². The summed E-state index contributed by atoms with van der Waals surface area (Å²) in [6.07, 6.45) is -3.89. The van der Waals surface area contributed by atoms with Gasteiger partial charge in [0, 0.05) is 31.9 Å². The minimum Gasteiger partial charge on any atom is -0.494 e. The molecule has 2 unspecified atom stereocenters. The number of ether oxygens (including phenoxy) is 1. The fourth-order valence-electron chi connectivity index (χ4n) is 5.34. The maximum atomic E-state index is 13.9. The molecule has 9 nitrogen and oxygen atoms in total. The van der Waals surface area contributed by atoms with Gasteiger partial charge in [0.15, 0.2) is 5.75 Å². The first-order valence-electron chi connectivity index (χ1n) is 14.8. The molecule has 246 valence electrons. The van der Waals surface area contributed by atoms with Gasteiger partial charge < -0.3 is 25.8 Å². The molecule has 1 saturated heterocycles. The van der Waals surface area contributed by atoms with Crippen molar-refractivity contribution in [3.05, 3.63) is 89.0 Å². The normalized spacial score (nSPS) is 16.8. The van der Waals surface area contributed by atoms with Crippen LogP contribution in [0.4, 0.5) is 24.5 Å². The smallest absolute Gasteiger partial charge is 0.416 e. The fourth-order valence-corrected chi connectivity index (χ4v) is 7.02. The first kappa shape index (κ1) is 34.4. The second kappa shape index (κ2) is 15.2. The maximum Gasteiger partial charge on any atom is 0.416 e. The Hall–Kier alpha value is -3.49. The van der Waals surface area contributed by atoms with E-state index < -0.39 is 40.6 Å². The molecule has 0 radical (unpaired) electrons. The number of hydrogen-bond acceptors (Lipinski definition) is 8. The Balaban J connectivity index is 1.58. The molecule has 13 heteroatoms. The predicted octanol–water partition coefficient (Wildman–Crippen LogP) is 5.90. The Morgan fingerprint density at radius 2 is 1.78 bits per heavy atom. The van der Waals surface area contributed by atoms with E-state index in [0.717, 1.165) is 24.1 Å². The van der Waals surface area contributed by atoms with Crippen molar-refractivity contribution in [2.75, 3.05) is 42.1 Å². The van der Waals surface area contributed by atoms with E-state index in [4.69, 9.17) is 4.74 Å². The number of halogens is 3. The number of methoxy groups -OCH3 is 1. The van der Waals surface area contributed by atoms with Crippen molar-refractivity contribution in [3.8, 4) is 5.75 Å². The molecule has 3 aromatic carbocycles. The van der Waals surface area contributed by atoms with Crippen LogP contribution in [0.5, 0.6) is 5.75 Å². The number of anilines is 2. The van der Waals surface area contributed by atoms with Crippen LogP contribution in [-0.4, -0.2) is 64.8 Å². The predicted molar refractivity (Wildman–Crippen MR) is 172 cm³/mol. The molecule has 45 heavy (non-hydrogen) atoms. The summed E-state index contributed by atoms with van der Waals surface area (Å²) < 4.78 is 68.3. The average molecular weight is 651 g/mol. The van der Waals surface area contributed by atoms with Crippen LogP contribution in [0, 0.1) is 0 Å². The molecular formula is C32H41F3N4O5S. The van der Waals surface area contributed by atoms with E-state index in [0.29, 0.717) is 36.4 Å². The molecule has 1 aliphatic rings. The molecule has 0 aromatic heterocycles. The van der Waals surface area contributed by atoms with Crippen LogP contribution in [0.3, 0.4) is 0 Å². The number of nitrogens with zero attached hydrogens (tertiary/aromatic N) is 1. The van der Waals surface area contributed by atoms with Crippen LogP contribution in [0.1, 0.15) is 46.8 Å². The van der Waals surface area contributed by atoms with Crippen LogP contribution < -0.4 is 25.0 Å². The molecule has 3 aromatic rings. The summed E-state index contributed by atoms with van der Waals surface area (Å²) in [7, 11) is -1.71. The highest BCUT2D eigenvalue weighted by Gasteiger charge is 2.33. The molecule has 0 bridgehead atoms. The van der Waals surface area contributed by atoms with Crippen molar-refractivity contribution in [1.82, 2.24) is 10.6 Å². The summed E-state index contributed by atoms with van der Waals surface area (Å²) in [4.78, 5) is 13.9. The highest BCUT2D eigenvalue weighted by molar-refractivity contribution is 8.25. The van der Waals surface area contributed by atoms with Crippen molar-refractivity contribution in [2.45, 2.75) is 51.1 Å². The van der Waals surface area contributed by atoms with E-state index in [9.17, 15) is 32.2 Å². The molecule has 2 atom stereocenters. The number of alkyl halides is 3. The lowest BCUT2D eigenvalue weighted by Gasteiger charge is -2.47. The summed E-state index contributed by atoms with van der Waals surface area (Å²) >= 11 is 0. The third-order valence-corrected chi connectivity index (χ3v) is 9.49. The van der Waals surface area contributed by atoms with Gasteiger partial charge in [-0.2, -0.15) is 13.2 Å². The molecule has 0 aliphatic carbocycles. The molecular weight excluding hydrogens is 609 g/mol. The standard InChI is InChI=1S/C32H41F3N4O5S/c1-3-37-25-18-26(30(44-2)28(19-25)39-14-7-8-15-45(39,42)43)31(41)38-27(17-22-10-5-4-6-11-22)29(40)21-36-20-23-12-9-13-24(16-23)32(33,34)35/h4-6,9-13,16,18-19,27,29,36-37,40,42-43H,3,7-8,14-15,17,20-21H2,1-2H3,(H,38,41). The summed E-state index contributed by atoms with van der Waals surface area (Å²) in [6, 6.07) is 16.8. The number of aliphatic hydroxyl groups excluding tert-OH is 1. The zero-order valence-electron chi connectivity index (χ0n) is 25.3. The van der Waals surface area contributed by atoms with Gasteiger partial charge in [0.2, 0.25) is 0 Å². The Morgan fingerprint density at radius 1 is 1.04 bits per heavy atom. The molecule has 0 spiro atoms. The van der Waals surface area contributed by atoms with E-state index >= 15 is 0 Å². The van der Waals surface area contributed by atoms with Crippen LogP contribution in [-0.2, 0) is 19.1 Å². The van der Waals surface area contributed by atoms with Crippen molar-refractivity contribution in [3.63, 3.8) is 0 Å². The SMILES string of the molecule is CCNc1cc(C(=O)NC(Cc2ccccc2)C(O)CNCc2cccc(C(F)(F)F)c2)c(OC)c(N2CCCCS2(O)O)c1. The lowest BCUT2D eigenvalue weighted by Crippen LogP contribution is -2.48. The quantitative estimate of drug-likeness (QED) is 0.135. The van der Waals surface area contributed by atoms with Gasteiger partial charge in [0.25, 0.3) is 5.91 Å². The number of benzene rings is 3. The Bertz CT molecular complexity index is 1430. The fraction of sp³-hybridized carbons (Fsp3) is 0.406. The Morgan fingerprint density at radius 3 is 2.44 bits per heavy atom. The first-order chi connectivity index (χ1) is 21.4. The Labute approximate surface area is 263 Å². The van der Waals surface area contributed by atoms with Gasteiger partial charge in [-0.3, -0.25) is 18.2 Å². The minimum absolute atomic E-state index is 0.0114. The lowest BCUT2D eigenvalue weighted by atomic mass is 10.00. The van der Waals surface area contributed by atoms with Gasteiger partial charge >= 0.3 is 6.18 Å². The van der Waals surface area contributed by atoms with Crippen molar-refractivity contribution >= 4 is 28.1 Å². The van der Waals surface area contributed by atoms with E-state index in [1.54, 1.807) is 18.2 Å². The van der Waals surface area contributed by atoms with Crippen molar-refractivity contribution in [1.29, 1.82) is 0 Å². The van der Waals surface area contributed by atoms with E-state index in [-0.39, 0.29) is 36.6 Å². The van der Waals surface area contributed by atoms with Gasteiger partial charge in [-0.05, 0) is 55.5 Å². The maximum absolute atomic E-state index is 13.9. The van der Waals surface area contributed by atoms with E-state index in [2.05, 4.69) is 16.0 Å². The summed E-state index contributed by atoms with van der Waals surface area (Å²) in [5.41, 5.74) is 1.62. The van der Waals surface area contributed by atoms with Gasteiger partial charge in [-0.15, -0.1) is 10.8 Å². The average Bonchev–Trinajstić information content (AvgIpc) is 3.00. The number of amides is 1. The molecule has 1 aliphatic heterocycles. The number of carbonyl (C=O) groups is 1. The number of hydrogen-bond donors (Lipinski definition) is 6. The van der Waals surface area contributed by atoms with Gasteiger partial charge in [0.1, 0.15) is 5.69 Å². The number of carbonyl (C=O) groups excluding carboxylic acids is 1. The molecule has 6 N–H and O–H groups in total. The largest absolute Gasteiger partial charge is 0.494 e. The molecule has 1 fully saturated rings. The summed E-state index contributed by atoms with van der Waals surface area (Å²) in [5, 5.41) is 20.4. The Kier molecular flexibility index (Phi) is 11.6. The summed E-state index contributed by atoms with van der Waals surface area (Å²) in [5.74, 6) is -0.159. The zero-order valence-corrected chi connectivity index (χ0v) is 26.1. The third-order valence-electron chi connectivity index (χ3n) is 7.57. The minimum atomic E-state index is -4.46. The van der Waals surface area contributed by atoms with Crippen LogP contribution in [0.25, 0.3) is 0 Å². The lowest BCUT2D eigenvalue weighted by molar-refractivity contribution is -0.137. The number of aliphatic hydroxyl groups is 1. The van der Waals surface area contributed by atoms with Gasteiger partial charge in [-0.25, -0.2) is 0 Å². The number of nitrogens with one attached hydrogen (secondary N) is 3. The molecule has 1 amide bonds. The zero-order chi connectivity index (χ0) is 32.6. The topological polar surface area (TPSA) is 126 Å². The van der Waals surface area contributed by atoms with Crippen LogP contribution in [0.2, 0.25) is 0 Å². The number of rotatable bonds is 13. The second-order valence-corrected chi connectivity index (χ2v) is 13.0. The summed E-state index contributed by atoms with van der Waals surface area (Å²) in [6.45, 7) is 2.90. The van der Waals surface area contributed by atoms with Gasteiger partial charge in [0.05, 0.1) is 36.1 Å². The highest BCUT2D eigenvalue weighted by Crippen LogP contribution is 2.53.